The zero-order valence-electron chi connectivity index (χ0n) is 15.4. The molecule has 2 rings (SSSR count). The van der Waals surface area contributed by atoms with Crippen LogP contribution in [0, 0.1) is 17.0 Å². The molecule has 0 heterocycles. The van der Waals surface area contributed by atoms with Crippen molar-refractivity contribution in [2.75, 3.05) is 18.5 Å². The lowest BCUT2D eigenvalue weighted by Gasteiger charge is -2.18. The lowest BCUT2D eigenvalue weighted by atomic mass is 10.2. The molecule has 1 atom stereocenters. The maximum atomic E-state index is 12.6. The van der Waals surface area contributed by atoms with E-state index in [4.69, 9.17) is 4.74 Å². The molecule has 2 aromatic rings. The summed E-state index contributed by atoms with van der Waals surface area (Å²) in [6, 6.07) is 10.6. The predicted molar refractivity (Wildman–Crippen MR) is 104 cm³/mol. The van der Waals surface area contributed by atoms with Crippen LogP contribution in [0.25, 0.3) is 0 Å². The number of carbonyl (C=O) groups is 1. The van der Waals surface area contributed by atoms with Gasteiger partial charge in [0.15, 0.2) is 0 Å². The molecule has 150 valence electrons. The maximum absolute atomic E-state index is 12.6. The van der Waals surface area contributed by atoms with Crippen molar-refractivity contribution in [3.8, 4) is 0 Å². The van der Waals surface area contributed by atoms with E-state index in [2.05, 4.69) is 10.0 Å². The van der Waals surface area contributed by atoms with Gasteiger partial charge < -0.3 is 10.1 Å². The van der Waals surface area contributed by atoms with Crippen molar-refractivity contribution in [3.63, 3.8) is 0 Å². The van der Waals surface area contributed by atoms with Crippen LogP contribution >= 0.6 is 0 Å². The van der Waals surface area contributed by atoms with Crippen molar-refractivity contribution < 1.29 is 22.9 Å². The fourth-order valence-electron chi connectivity index (χ4n) is 2.31. The summed E-state index contributed by atoms with van der Waals surface area (Å²) in [7, 11) is -3.94. The number of nitrogens with zero attached hydrogens (tertiary/aromatic N) is 1. The molecule has 0 radical (unpaired) electrons. The quantitative estimate of drug-likeness (QED) is 0.370. The Hall–Kier alpha value is -2.98. The van der Waals surface area contributed by atoms with Gasteiger partial charge in [-0.25, -0.2) is 8.42 Å². The van der Waals surface area contributed by atoms with Crippen molar-refractivity contribution in [1.82, 2.24) is 4.72 Å². The molecule has 9 nitrogen and oxygen atoms in total. The van der Waals surface area contributed by atoms with Gasteiger partial charge in [0.2, 0.25) is 10.0 Å². The summed E-state index contributed by atoms with van der Waals surface area (Å²) in [6.07, 6.45) is 0. The Morgan fingerprint density at radius 3 is 2.29 bits per heavy atom. The van der Waals surface area contributed by atoms with E-state index in [9.17, 15) is 23.3 Å². The first-order chi connectivity index (χ1) is 13.2. The molecule has 0 spiro atoms. The highest BCUT2D eigenvalue weighted by molar-refractivity contribution is 7.89. The van der Waals surface area contributed by atoms with Crippen LogP contribution in [0.2, 0.25) is 0 Å². The Morgan fingerprint density at radius 1 is 1.14 bits per heavy atom. The largest absolute Gasteiger partial charge is 0.465 e. The number of hydrogen-bond donors (Lipinski definition) is 2. The molecule has 2 aromatic carbocycles. The van der Waals surface area contributed by atoms with E-state index < -0.39 is 27.0 Å². The summed E-state index contributed by atoms with van der Waals surface area (Å²) >= 11 is 0. The molecule has 0 aliphatic heterocycles. The molecule has 10 heteroatoms. The highest BCUT2D eigenvalue weighted by Crippen LogP contribution is 2.16. The number of aryl methyl sites for hydroxylation is 1. The summed E-state index contributed by atoms with van der Waals surface area (Å²) in [5, 5.41) is 13.6. The van der Waals surface area contributed by atoms with Gasteiger partial charge in [-0.1, -0.05) is 17.7 Å². The van der Waals surface area contributed by atoms with Gasteiger partial charge in [-0.3, -0.25) is 14.9 Å². The molecule has 0 aliphatic rings. The monoisotopic (exact) mass is 407 g/mol. The number of non-ortho nitro benzene ring substituents is 1. The van der Waals surface area contributed by atoms with E-state index >= 15 is 0 Å². The van der Waals surface area contributed by atoms with Gasteiger partial charge in [0.25, 0.3) is 5.69 Å². The van der Waals surface area contributed by atoms with Crippen LogP contribution in [-0.2, 0) is 19.6 Å². The highest BCUT2D eigenvalue weighted by atomic mass is 32.2. The molecule has 0 saturated carbocycles. The maximum Gasteiger partial charge on any atom is 0.326 e. The number of ether oxygens (including phenoxy) is 1. The SMILES string of the molecule is CCOC(=O)C(CNc1ccc([N+](=O)[O-])cc1)NS(=O)(=O)c1ccc(C)cc1. The molecular formula is C18H21N3O6S. The number of hydrogen-bond acceptors (Lipinski definition) is 7. The fraction of sp³-hybridized carbons (Fsp3) is 0.278. The van der Waals surface area contributed by atoms with Crippen molar-refractivity contribution >= 4 is 27.4 Å². The van der Waals surface area contributed by atoms with Crippen molar-refractivity contribution in [3.05, 3.63) is 64.2 Å². The van der Waals surface area contributed by atoms with E-state index in [1.165, 1.54) is 36.4 Å². The molecule has 0 fully saturated rings. The molecule has 0 amide bonds. The predicted octanol–water partition coefficient (Wildman–Crippen LogP) is 2.23. The molecule has 0 aliphatic carbocycles. The Kier molecular flexibility index (Phi) is 7.07. The van der Waals surface area contributed by atoms with Gasteiger partial charge in [-0.2, -0.15) is 4.72 Å². The fourth-order valence-corrected chi connectivity index (χ4v) is 3.49. The number of rotatable bonds is 9. The molecule has 0 saturated heterocycles. The van der Waals surface area contributed by atoms with Gasteiger partial charge >= 0.3 is 5.97 Å². The van der Waals surface area contributed by atoms with Gasteiger partial charge in [0, 0.05) is 24.4 Å². The summed E-state index contributed by atoms with van der Waals surface area (Å²) in [5.41, 5.74) is 1.32. The van der Waals surface area contributed by atoms with E-state index in [0.717, 1.165) is 5.56 Å². The third-order valence-corrected chi connectivity index (χ3v) is 5.28. The number of nitro groups is 1. The molecule has 2 N–H and O–H groups in total. The first-order valence-electron chi connectivity index (χ1n) is 8.47. The van der Waals surface area contributed by atoms with Crippen LogP contribution in [0.3, 0.4) is 0 Å². The minimum Gasteiger partial charge on any atom is -0.465 e. The summed E-state index contributed by atoms with van der Waals surface area (Å²) in [6.45, 7) is 3.45. The van der Waals surface area contributed by atoms with Crippen LogP contribution in [0.4, 0.5) is 11.4 Å². The van der Waals surface area contributed by atoms with Crippen LogP contribution in [0.15, 0.2) is 53.4 Å². The van der Waals surface area contributed by atoms with Gasteiger partial charge in [0.05, 0.1) is 16.4 Å². The Bertz CT molecular complexity index is 927. The lowest BCUT2D eigenvalue weighted by Crippen LogP contribution is -2.46. The Balaban J connectivity index is 2.14. The minimum atomic E-state index is -3.94. The van der Waals surface area contributed by atoms with Gasteiger partial charge in [0.1, 0.15) is 6.04 Å². The van der Waals surface area contributed by atoms with E-state index in [1.54, 1.807) is 19.1 Å². The number of carbonyl (C=O) groups excluding carboxylic acids is 1. The summed E-state index contributed by atoms with van der Waals surface area (Å²) in [4.78, 5) is 22.4. The minimum absolute atomic E-state index is 0.0303. The van der Waals surface area contributed by atoms with Crippen LogP contribution in [0.1, 0.15) is 12.5 Å². The average molecular weight is 407 g/mol. The van der Waals surface area contributed by atoms with E-state index in [-0.39, 0.29) is 23.7 Å². The third-order valence-electron chi connectivity index (χ3n) is 3.79. The van der Waals surface area contributed by atoms with Crippen molar-refractivity contribution in [1.29, 1.82) is 0 Å². The molecule has 0 bridgehead atoms. The van der Waals surface area contributed by atoms with E-state index in [0.29, 0.717) is 5.69 Å². The molecule has 0 aromatic heterocycles. The highest BCUT2D eigenvalue weighted by Gasteiger charge is 2.26. The van der Waals surface area contributed by atoms with Crippen molar-refractivity contribution in [2.24, 2.45) is 0 Å². The lowest BCUT2D eigenvalue weighted by molar-refractivity contribution is -0.384. The number of esters is 1. The number of nitro benzene ring substituents is 1. The number of anilines is 1. The third kappa shape index (κ3) is 5.76. The van der Waals surface area contributed by atoms with Gasteiger partial charge in [-0.15, -0.1) is 0 Å². The average Bonchev–Trinajstić information content (AvgIpc) is 2.66. The van der Waals surface area contributed by atoms with E-state index in [1.807, 2.05) is 6.92 Å². The van der Waals surface area contributed by atoms with Crippen LogP contribution in [-0.4, -0.2) is 38.5 Å². The number of benzene rings is 2. The summed E-state index contributed by atoms with van der Waals surface area (Å²) < 4.78 is 32.4. The number of sulfonamides is 1. The first kappa shape index (κ1) is 21.3. The number of nitrogens with one attached hydrogen (secondary N) is 2. The summed E-state index contributed by atoms with van der Waals surface area (Å²) in [5.74, 6) is -0.729. The standard InChI is InChI=1S/C18H21N3O6S/c1-3-27-18(22)17(12-19-14-6-8-15(9-7-14)21(23)24)20-28(25,26)16-10-4-13(2)5-11-16/h4-11,17,19-20H,3,12H2,1-2H3. The second-order valence-corrected chi connectivity index (χ2v) is 7.64. The first-order valence-corrected chi connectivity index (χ1v) is 9.95. The molecular weight excluding hydrogens is 386 g/mol. The van der Waals surface area contributed by atoms with Crippen molar-refractivity contribution in [2.45, 2.75) is 24.8 Å². The Labute approximate surface area is 162 Å². The second kappa shape index (κ2) is 9.29. The zero-order valence-corrected chi connectivity index (χ0v) is 16.2. The Morgan fingerprint density at radius 2 is 1.75 bits per heavy atom. The van der Waals surface area contributed by atoms with Crippen LogP contribution in [0.5, 0.6) is 0 Å². The normalized spacial score (nSPS) is 12.2. The van der Waals surface area contributed by atoms with Crippen LogP contribution < -0.4 is 10.0 Å². The van der Waals surface area contributed by atoms with Gasteiger partial charge in [-0.05, 0) is 38.1 Å². The smallest absolute Gasteiger partial charge is 0.326 e. The molecule has 28 heavy (non-hydrogen) atoms. The zero-order chi connectivity index (χ0) is 20.7. The second-order valence-electron chi connectivity index (χ2n) is 5.92. The molecule has 1 unspecified atom stereocenters. The topological polar surface area (TPSA) is 128 Å².